The number of carbonyl (C=O) groups is 1. The lowest BCUT2D eigenvalue weighted by atomic mass is 9.43. The van der Waals surface area contributed by atoms with E-state index in [1.807, 2.05) is 6.08 Å². The number of fused-ring (bicyclic) bond motifs is 5. The zero-order valence-corrected chi connectivity index (χ0v) is 20.3. The average molecular weight is 449 g/mol. The van der Waals surface area contributed by atoms with Gasteiger partial charge < -0.3 is 20.4 Å². The number of aliphatic hydroxyl groups excluding tert-OH is 3. The van der Waals surface area contributed by atoms with Crippen molar-refractivity contribution in [2.75, 3.05) is 0 Å². The molecule has 0 amide bonds. The normalized spacial score (nSPS) is 50.3. The molecule has 0 heterocycles. The zero-order valence-electron chi connectivity index (χ0n) is 20.3. The van der Waals surface area contributed by atoms with E-state index in [4.69, 9.17) is 5.11 Å². The van der Waals surface area contributed by atoms with Gasteiger partial charge in [-0.15, -0.1) is 0 Å². The van der Waals surface area contributed by atoms with Crippen LogP contribution in [-0.2, 0) is 4.79 Å². The summed E-state index contributed by atoms with van der Waals surface area (Å²) >= 11 is 0. The Morgan fingerprint density at radius 1 is 1.03 bits per heavy atom. The van der Waals surface area contributed by atoms with Crippen molar-refractivity contribution in [2.45, 2.75) is 97.4 Å². The topological polar surface area (TPSA) is 98.0 Å². The van der Waals surface area contributed by atoms with E-state index < -0.39 is 11.9 Å². The summed E-state index contributed by atoms with van der Waals surface area (Å²) in [7, 11) is 0. The fraction of sp³-hybridized carbons (Fsp3) is 0.889. The Labute approximate surface area is 193 Å². The summed E-state index contributed by atoms with van der Waals surface area (Å²) in [6, 6.07) is 0. The highest BCUT2D eigenvalue weighted by Gasteiger charge is 2.65. The van der Waals surface area contributed by atoms with Crippen LogP contribution in [0, 0.1) is 52.3 Å². The Balaban J connectivity index is 1.54. The largest absolute Gasteiger partial charge is 0.481 e. The van der Waals surface area contributed by atoms with E-state index in [1.165, 1.54) is 0 Å². The first-order valence-electron chi connectivity index (χ1n) is 12.9. The molecule has 32 heavy (non-hydrogen) atoms. The maximum atomic E-state index is 11.6. The lowest BCUT2D eigenvalue weighted by Crippen LogP contribution is -2.62. The monoisotopic (exact) mass is 448 g/mol. The number of hydrogen-bond donors (Lipinski definition) is 4. The molecule has 182 valence electrons. The first-order valence-corrected chi connectivity index (χ1v) is 12.9. The summed E-state index contributed by atoms with van der Waals surface area (Å²) in [5.41, 5.74) is -0.101. The van der Waals surface area contributed by atoms with Crippen molar-refractivity contribution < 1.29 is 25.2 Å². The van der Waals surface area contributed by atoms with Crippen LogP contribution in [0.2, 0.25) is 0 Å². The van der Waals surface area contributed by atoms with Crippen molar-refractivity contribution in [1.82, 2.24) is 0 Å². The van der Waals surface area contributed by atoms with Gasteiger partial charge in [-0.25, -0.2) is 0 Å². The van der Waals surface area contributed by atoms with Crippen LogP contribution in [0.1, 0.15) is 79.1 Å². The van der Waals surface area contributed by atoms with Gasteiger partial charge >= 0.3 is 5.97 Å². The minimum absolute atomic E-state index is 0.102. The zero-order chi connectivity index (χ0) is 23.4. The molecular weight excluding hydrogens is 404 g/mol. The predicted molar refractivity (Wildman–Crippen MR) is 124 cm³/mol. The quantitative estimate of drug-likeness (QED) is 0.471. The highest BCUT2D eigenvalue weighted by atomic mass is 16.4. The average Bonchev–Trinajstić information content (AvgIpc) is 3.08. The lowest BCUT2D eigenvalue weighted by Gasteiger charge is -2.63. The summed E-state index contributed by atoms with van der Waals surface area (Å²) in [6.45, 7) is 8.57. The molecule has 0 saturated heterocycles. The molecule has 0 radical (unpaired) electrons. The van der Waals surface area contributed by atoms with E-state index in [0.717, 1.165) is 51.4 Å². The third-order valence-corrected chi connectivity index (χ3v) is 10.8. The van der Waals surface area contributed by atoms with Gasteiger partial charge in [0.15, 0.2) is 0 Å². The van der Waals surface area contributed by atoms with E-state index >= 15 is 0 Å². The first-order chi connectivity index (χ1) is 15.0. The molecule has 4 fully saturated rings. The Morgan fingerprint density at radius 2 is 1.75 bits per heavy atom. The second-order valence-electron chi connectivity index (χ2n) is 12.3. The molecule has 4 saturated carbocycles. The number of aliphatic carboxylic acids is 1. The Hall–Kier alpha value is -0.910. The van der Waals surface area contributed by atoms with Gasteiger partial charge in [0.2, 0.25) is 0 Å². The van der Waals surface area contributed by atoms with Crippen molar-refractivity contribution in [3.05, 3.63) is 12.2 Å². The molecule has 4 N–H and O–H groups in total. The Bertz CT molecular complexity index is 736. The molecule has 0 aromatic heterocycles. The number of rotatable bonds is 5. The van der Waals surface area contributed by atoms with Gasteiger partial charge in [0.1, 0.15) is 0 Å². The summed E-state index contributed by atoms with van der Waals surface area (Å²) in [5.74, 6) is 0.684. The van der Waals surface area contributed by atoms with Crippen LogP contribution in [-0.4, -0.2) is 44.7 Å². The molecule has 5 nitrogen and oxygen atoms in total. The molecular formula is C27H44O5. The summed E-state index contributed by atoms with van der Waals surface area (Å²) in [5, 5.41) is 42.3. The van der Waals surface area contributed by atoms with Crippen LogP contribution in [0.15, 0.2) is 12.2 Å². The number of aliphatic hydroxyl groups is 3. The third-order valence-electron chi connectivity index (χ3n) is 10.8. The lowest BCUT2D eigenvalue weighted by molar-refractivity contribution is -0.206. The third kappa shape index (κ3) is 3.76. The van der Waals surface area contributed by atoms with Crippen molar-refractivity contribution in [3.8, 4) is 0 Å². The molecule has 12 atom stereocenters. The van der Waals surface area contributed by atoms with E-state index in [9.17, 15) is 20.1 Å². The standard InChI is InChI=1S/C27H44O5/c1-15(6-5-7-16(2)25(31)32)19-8-9-20-24-21(14-23(30)27(19,20)4)26(3)11-10-18(28)12-17(26)13-22(24)29/h5,7,15-24,28-30H,6,8-14H2,1-4H3,(H,31,32)/b7-5+/t15-,16?,17-,18-,19-,20+,21+,22-,23+,24+,26+,27-/m1/s1. The second-order valence-corrected chi connectivity index (χ2v) is 12.3. The fourth-order valence-electron chi connectivity index (χ4n) is 8.88. The van der Waals surface area contributed by atoms with Gasteiger partial charge in [0.25, 0.3) is 0 Å². The van der Waals surface area contributed by atoms with Gasteiger partial charge in [-0.3, -0.25) is 4.79 Å². The highest BCUT2D eigenvalue weighted by molar-refractivity contribution is 5.71. The van der Waals surface area contributed by atoms with Crippen molar-refractivity contribution in [3.63, 3.8) is 0 Å². The van der Waals surface area contributed by atoms with Crippen LogP contribution in [0.3, 0.4) is 0 Å². The smallest absolute Gasteiger partial charge is 0.310 e. The van der Waals surface area contributed by atoms with Crippen molar-refractivity contribution in [2.24, 2.45) is 52.3 Å². The first kappa shape index (κ1) is 24.2. The fourth-order valence-corrected chi connectivity index (χ4v) is 8.88. The maximum absolute atomic E-state index is 11.6. The van der Waals surface area contributed by atoms with E-state index in [0.29, 0.717) is 29.6 Å². The van der Waals surface area contributed by atoms with Crippen LogP contribution < -0.4 is 0 Å². The highest BCUT2D eigenvalue weighted by Crippen LogP contribution is 2.68. The van der Waals surface area contributed by atoms with Crippen LogP contribution in [0.4, 0.5) is 0 Å². The molecule has 4 rings (SSSR count). The van der Waals surface area contributed by atoms with Crippen molar-refractivity contribution in [1.29, 1.82) is 0 Å². The minimum Gasteiger partial charge on any atom is -0.481 e. The molecule has 1 unspecified atom stereocenters. The van der Waals surface area contributed by atoms with Gasteiger partial charge in [-0.05, 0) is 105 Å². The van der Waals surface area contributed by atoms with Gasteiger partial charge in [-0.2, -0.15) is 0 Å². The summed E-state index contributed by atoms with van der Waals surface area (Å²) in [4.78, 5) is 11.1. The predicted octanol–water partition coefficient (Wildman–Crippen LogP) is 4.25. The molecule has 0 bridgehead atoms. The number of carboxylic acid groups (broad SMARTS) is 1. The van der Waals surface area contributed by atoms with E-state index in [1.54, 1.807) is 13.0 Å². The van der Waals surface area contributed by atoms with E-state index in [-0.39, 0.29) is 35.1 Å². The van der Waals surface area contributed by atoms with Gasteiger partial charge in [-0.1, -0.05) is 32.9 Å². The minimum atomic E-state index is -0.802. The number of allylic oxidation sites excluding steroid dienone is 1. The van der Waals surface area contributed by atoms with Crippen LogP contribution in [0.5, 0.6) is 0 Å². The summed E-state index contributed by atoms with van der Waals surface area (Å²) < 4.78 is 0. The Morgan fingerprint density at radius 3 is 2.44 bits per heavy atom. The van der Waals surface area contributed by atoms with Gasteiger partial charge in [0, 0.05) is 0 Å². The molecule has 0 spiro atoms. The van der Waals surface area contributed by atoms with Gasteiger partial charge in [0.05, 0.1) is 24.2 Å². The summed E-state index contributed by atoms with van der Waals surface area (Å²) in [6.07, 6.45) is 9.93. The van der Waals surface area contributed by atoms with Crippen LogP contribution in [0.25, 0.3) is 0 Å². The van der Waals surface area contributed by atoms with E-state index in [2.05, 4.69) is 20.8 Å². The number of hydrogen-bond acceptors (Lipinski definition) is 4. The molecule has 0 aromatic rings. The molecule has 0 aliphatic heterocycles. The maximum Gasteiger partial charge on any atom is 0.310 e. The SMILES string of the molecule is CC(/C=C/C[C@@H](C)[C@H]1CC[C@H]2[C@@H]3[C@H](O)C[C@H]4C[C@H](O)CC[C@]4(C)[C@H]3C[C@H](O)[C@]12C)C(=O)O. The van der Waals surface area contributed by atoms with Crippen LogP contribution >= 0.6 is 0 Å². The molecule has 5 heteroatoms. The molecule has 0 aromatic carbocycles. The Kier molecular flexibility index (Phi) is 6.59. The number of carboxylic acids is 1. The van der Waals surface area contributed by atoms with Crippen molar-refractivity contribution >= 4 is 5.97 Å². The molecule has 4 aliphatic carbocycles. The molecule has 4 aliphatic rings. The second kappa shape index (κ2) is 8.70.